The molecule has 0 radical (unpaired) electrons. The summed E-state index contributed by atoms with van der Waals surface area (Å²) in [6.45, 7) is 6.29. The first kappa shape index (κ1) is 31.0. The average molecular weight is 588 g/mol. The van der Waals surface area contributed by atoms with Crippen molar-refractivity contribution in [1.82, 2.24) is 19.6 Å². The number of rotatable bonds is 8. The van der Waals surface area contributed by atoms with Gasteiger partial charge in [-0.05, 0) is 56.8 Å². The monoisotopic (exact) mass is 587 g/mol. The van der Waals surface area contributed by atoms with Crippen molar-refractivity contribution in [2.45, 2.75) is 45.6 Å². The highest BCUT2D eigenvalue weighted by Gasteiger charge is 2.35. The van der Waals surface area contributed by atoms with Gasteiger partial charge in [0.2, 0.25) is 0 Å². The summed E-state index contributed by atoms with van der Waals surface area (Å²) in [6, 6.07) is 11.1. The smallest absolute Gasteiger partial charge is 0.416 e. The molecule has 1 aromatic heterocycles. The van der Waals surface area contributed by atoms with E-state index in [-0.39, 0.29) is 29.7 Å². The highest BCUT2D eigenvalue weighted by Crippen LogP contribution is 2.35. The summed E-state index contributed by atoms with van der Waals surface area (Å²) >= 11 is 0. The van der Waals surface area contributed by atoms with Crippen molar-refractivity contribution < 1.29 is 32.6 Å². The van der Waals surface area contributed by atoms with Gasteiger partial charge in [0.1, 0.15) is 11.8 Å². The molecule has 0 unspecified atom stereocenters. The molecule has 226 valence electrons. The number of amides is 2. The quantitative estimate of drug-likeness (QED) is 0.407. The van der Waals surface area contributed by atoms with E-state index in [2.05, 4.69) is 10.4 Å². The molecule has 2 aromatic carbocycles. The number of aromatic nitrogens is 2. The second-order valence-electron chi connectivity index (χ2n) is 10.9. The number of hydrogen-bond donors (Lipinski definition) is 2. The molecule has 0 bridgehead atoms. The molecule has 3 atom stereocenters. The molecule has 0 saturated carbocycles. The van der Waals surface area contributed by atoms with Crippen molar-refractivity contribution in [2.75, 3.05) is 32.1 Å². The Hall–Kier alpha value is -3.90. The van der Waals surface area contributed by atoms with Gasteiger partial charge < -0.3 is 20.1 Å². The van der Waals surface area contributed by atoms with E-state index in [0.29, 0.717) is 42.3 Å². The van der Waals surface area contributed by atoms with Gasteiger partial charge in [0.25, 0.3) is 11.8 Å². The lowest BCUT2D eigenvalue weighted by Crippen LogP contribution is -2.49. The standard InChI is InChI=1S/C30H36F3N5O4/c1-18-14-38(20(3)17-39)29(41)23-7-6-8-24(34-28(40)25-13-19(2)35-37(25)5)27(23)42-26(18)16-36(4)15-21-9-11-22(12-10-21)30(31,32)33/h6-13,18,20,26,39H,14-17H2,1-5H3,(H,34,40)/t18-,20+,26+/m1/s1. The first-order chi connectivity index (χ1) is 19.8. The lowest BCUT2D eigenvalue weighted by molar-refractivity contribution is -0.137. The van der Waals surface area contributed by atoms with Crippen molar-refractivity contribution in [3.8, 4) is 5.75 Å². The lowest BCUT2D eigenvalue weighted by Gasteiger charge is -2.38. The molecular weight excluding hydrogens is 551 g/mol. The number of carbonyl (C=O) groups is 2. The lowest BCUT2D eigenvalue weighted by atomic mass is 9.98. The molecule has 2 heterocycles. The van der Waals surface area contributed by atoms with Crippen LogP contribution in [0.3, 0.4) is 0 Å². The van der Waals surface area contributed by atoms with Gasteiger partial charge >= 0.3 is 6.18 Å². The third kappa shape index (κ3) is 6.93. The summed E-state index contributed by atoms with van der Waals surface area (Å²) in [4.78, 5) is 30.4. The Bertz CT molecular complexity index is 1420. The van der Waals surface area contributed by atoms with Crippen LogP contribution in [0.25, 0.3) is 0 Å². The highest BCUT2D eigenvalue weighted by molar-refractivity contribution is 6.06. The number of para-hydroxylation sites is 1. The topological polar surface area (TPSA) is 99.9 Å². The average Bonchev–Trinajstić information content (AvgIpc) is 3.28. The van der Waals surface area contributed by atoms with Gasteiger partial charge in [-0.1, -0.05) is 25.1 Å². The Balaban J connectivity index is 1.64. The Morgan fingerprint density at radius 1 is 1.24 bits per heavy atom. The molecule has 9 nitrogen and oxygen atoms in total. The molecule has 1 aliphatic rings. The van der Waals surface area contributed by atoms with Crippen LogP contribution in [-0.2, 0) is 19.8 Å². The van der Waals surface area contributed by atoms with E-state index in [0.717, 1.165) is 12.1 Å². The summed E-state index contributed by atoms with van der Waals surface area (Å²) in [5.74, 6) is -0.740. The number of nitrogens with zero attached hydrogens (tertiary/aromatic N) is 4. The molecule has 0 aliphatic carbocycles. The molecule has 42 heavy (non-hydrogen) atoms. The Labute approximate surface area is 242 Å². The van der Waals surface area contributed by atoms with E-state index in [1.54, 1.807) is 50.1 Å². The SMILES string of the molecule is Cc1cc(C(=O)Nc2cccc3c2O[C@@H](CN(C)Cc2ccc(C(F)(F)F)cc2)[C@H](C)CN([C@@H](C)CO)C3=O)n(C)n1. The number of alkyl halides is 3. The minimum Gasteiger partial charge on any atom is -0.486 e. The van der Waals surface area contributed by atoms with Gasteiger partial charge in [-0.2, -0.15) is 18.3 Å². The molecule has 2 amide bonds. The number of carbonyl (C=O) groups excluding carboxylic acids is 2. The second kappa shape index (κ2) is 12.5. The highest BCUT2D eigenvalue weighted by atomic mass is 19.4. The summed E-state index contributed by atoms with van der Waals surface area (Å²) in [5.41, 5.74) is 1.56. The van der Waals surface area contributed by atoms with Gasteiger partial charge in [0, 0.05) is 32.6 Å². The number of anilines is 1. The number of aryl methyl sites for hydroxylation is 2. The fraction of sp³-hybridized carbons (Fsp3) is 0.433. The van der Waals surface area contributed by atoms with Crippen LogP contribution in [0.2, 0.25) is 0 Å². The van der Waals surface area contributed by atoms with Crippen LogP contribution in [0, 0.1) is 12.8 Å². The Morgan fingerprint density at radius 3 is 2.52 bits per heavy atom. The van der Waals surface area contributed by atoms with Crippen LogP contribution in [0.1, 0.15) is 51.5 Å². The summed E-state index contributed by atoms with van der Waals surface area (Å²) in [7, 11) is 3.50. The van der Waals surface area contributed by atoms with Gasteiger partial charge in [0.15, 0.2) is 5.75 Å². The van der Waals surface area contributed by atoms with Crippen LogP contribution in [0.15, 0.2) is 48.5 Å². The first-order valence-electron chi connectivity index (χ1n) is 13.7. The largest absolute Gasteiger partial charge is 0.486 e. The number of aliphatic hydroxyl groups excluding tert-OH is 1. The summed E-state index contributed by atoms with van der Waals surface area (Å²) < 4.78 is 47.0. The van der Waals surface area contributed by atoms with Crippen molar-refractivity contribution in [1.29, 1.82) is 0 Å². The second-order valence-corrected chi connectivity index (χ2v) is 10.9. The Kier molecular flexibility index (Phi) is 9.27. The predicted octanol–water partition coefficient (Wildman–Crippen LogP) is 4.35. The van der Waals surface area contributed by atoms with Crippen molar-refractivity contribution in [2.24, 2.45) is 13.0 Å². The molecule has 4 rings (SSSR count). The van der Waals surface area contributed by atoms with Crippen LogP contribution >= 0.6 is 0 Å². The molecule has 3 aromatic rings. The van der Waals surface area contributed by atoms with Crippen LogP contribution < -0.4 is 10.1 Å². The summed E-state index contributed by atoms with van der Waals surface area (Å²) in [5, 5.41) is 17.0. The van der Waals surface area contributed by atoms with E-state index in [1.165, 1.54) is 16.8 Å². The fourth-order valence-corrected chi connectivity index (χ4v) is 5.05. The zero-order valence-electron chi connectivity index (χ0n) is 24.3. The van der Waals surface area contributed by atoms with Crippen LogP contribution in [0.4, 0.5) is 18.9 Å². The number of benzene rings is 2. The molecule has 12 heteroatoms. The molecule has 1 aliphatic heterocycles. The number of likely N-dealkylation sites (N-methyl/N-ethyl adjacent to an activating group) is 1. The molecule has 2 N–H and O–H groups in total. The molecule has 0 saturated heterocycles. The number of hydrogen-bond acceptors (Lipinski definition) is 6. The van der Waals surface area contributed by atoms with Crippen molar-refractivity contribution >= 4 is 17.5 Å². The maximum atomic E-state index is 13.7. The maximum Gasteiger partial charge on any atom is 0.416 e. The zero-order valence-corrected chi connectivity index (χ0v) is 24.3. The first-order valence-corrected chi connectivity index (χ1v) is 13.7. The number of aliphatic hydroxyl groups is 1. The fourth-order valence-electron chi connectivity index (χ4n) is 5.05. The predicted molar refractivity (Wildman–Crippen MR) is 151 cm³/mol. The number of nitrogens with one attached hydrogen (secondary N) is 1. The zero-order chi connectivity index (χ0) is 30.8. The van der Waals surface area contributed by atoms with E-state index in [1.807, 2.05) is 18.9 Å². The third-order valence-corrected chi connectivity index (χ3v) is 7.40. The van der Waals surface area contributed by atoms with E-state index in [9.17, 15) is 27.9 Å². The minimum atomic E-state index is -4.41. The van der Waals surface area contributed by atoms with E-state index >= 15 is 0 Å². The van der Waals surface area contributed by atoms with Gasteiger partial charge in [-0.15, -0.1) is 0 Å². The van der Waals surface area contributed by atoms with Crippen LogP contribution in [0.5, 0.6) is 5.75 Å². The minimum absolute atomic E-state index is 0.199. The molecular formula is C30H36F3N5O4. The Morgan fingerprint density at radius 2 is 1.93 bits per heavy atom. The van der Waals surface area contributed by atoms with Crippen LogP contribution in [-0.4, -0.2) is 75.4 Å². The van der Waals surface area contributed by atoms with Gasteiger partial charge in [-0.3, -0.25) is 19.2 Å². The number of fused-ring (bicyclic) bond motifs is 1. The van der Waals surface area contributed by atoms with Gasteiger partial charge in [-0.25, -0.2) is 0 Å². The molecule has 0 spiro atoms. The third-order valence-electron chi connectivity index (χ3n) is 7.40. The molecule has 0 fully saturated rings. The van der Waals surface area contributed by atoms with Gasteiger partial charge in [0.05, 0.1) is 35.2 Å². The normalized spacial score (nSPS) is 18.2. The number of halogens is 3. The number of ether oxygens (including phenoxy) is 1. The van der Waals surface area contributed by atoms with E-state index in [4.69, 9.17) is 4.74 Å². The maximum absolute atomic E-state index is 13.7. The van der Waals surface area contributed by atoms with Crippen molar-refractivity contribution in [3.63, 3.8) is 0 Å². The van der Waals surface area contributed by atoms with E-state index < -0.39 is 29.8 Å². The van der Waals surface area contributed by atoms with Crippen molar-refractivity contribution in [3.05, 3.63) is 76.6 Å². The summed E-state index contributed by atoms with van der Waals surface area (Å²) in [6.07, 6.45) is -4.88.